The molecule has 1 aromatic rings. The van der Waals surface area contributed by atoms with Gasteiger partial charge in [0.25, 0.3) is 0 Å². The number of nitrogen functional groups attached to an aromatic ring is 1. The first-order chi connectivity index (χ1) is 8.97. The van der Waals surface area contributed by atoms with Gasteiger partial charge in [-0.15, -0.1) is 0 Å². The van der Waals surface area contributed by atoms with Crippen LogP contribution in [0.3, 0.4) is 0 Å². The fourth-order valence-corrected chi connectivity index (χ4v) is 2.13. The fraction of sp³-hybridized carbons (Fsp3) is 0.500. The van der Waals surface area contributed by atoms with Gasteiger partial charge in [0.05, 0.1) is 12.2 Å². The zero-order chi connectivity index (χ0) is 14.0. The molecule has 0 spiro atoms. The molecule has 1 atom stereocenters. The highest BCUT2D eigenvalue weighted by molar-refractivity contribution is 5.92. The first-order valence-electron chi connectivity index (χ1n) is 6.52. The van der Waals surface area contributed by atoms with Gasteiger partial charge < -0.3 is 11.1 Å². The molecule has 104 valence electrons. The van der Waals surface area contributed by atoms with Crippen molar-refractivity contribution in [3.05, 3.63) is 24.0 Å². The Labute approximate surface area is 112 Å². The Morgan fingerprint density at radius 3 is 2.84 bits per heavy atom. The van der Waals surface area contributed by atoms with Gasteiger partial charge in [0, 0.05) is 11.7 Å². The van der Waals surface area contributed by atoms with Crippen LogP contribution in [-0.4, -0.2) is 30.4 Å². The van der Waals surface area contributed by atoms with Crippen molar-refractivity contribution in [1.82, 2.24) is 4.90 Å². The van der Waals surface area contributed by atoms with Gasteiger partial charge in [-0.05, 0) is 50.9 Å². The topological polar surface area (TPSA) is 58.4 Å². The van der Waals surface area contributed by atoms with Crippen LogP contribution >= 0.6 is 0 Å². The van der Waals surface area contributed by atoms with Gasteiger partial charge in [-0.3, -0.25) is 9.69 Å². The Morgan fingerprint density at radius 2 is 2.26 bits per heavy atom. The summed E-state index contributed by atoms with van der Waals surface area (Å²) >= 11 is 0. The van der Waals surface area contributed by atoms with Crippen molar-refractivity contribution in [2.24, 2.45) is 5.92 Å². The van der Waals surface area contributed by atoms with Crippen LogP contribution in [0.25, 0.3) is 0 Å². The summed E-state index contributed by atoms with van der Waals surface area (Å²) < 4.78 is 13.0. The van der Waals surface area contributed by atoms with Crippen molar-refractivity contribution in [3.8, 4) is 0 Å². The van der Waals surface area contributed by atoms with Gasteiger partial charge in [0.1, 0.15) is 5.82 Å². The van der Waals surface area contributed by atoms with Gasteiger partial charge >= 0.3 is 0 Å². The third-order valence-corrected chi connectivity index (χ3v) is 3.67. The first-order valence-corrected chi connectivity index (χ1v) is 6.52. The lowest BCUT2D eigenvalue weighted by Gasteiger charge is -2.23. The molecule has 1 aliphatic carbocycles. The molecule has 0 aliphatic heterocycles. The number of carbonyl (C=O) groups is 1. The number of amides is 1. The molecule has 4 nitrogen and oxygen atoms in total. The number of likely N-dealkylation sites (N-methyl/N-ethyl adjacent to an activating group) is 1. The van der Waals surface area contributed by atoms with E-state index in [4.69, 9.17) is 5.73 Å². The van der Waals surface area contributed by atoms with Crippen LogP contribution < -0.4 is 11.1 Å². The second kappa shape index (κ2) is 5.57. The summed E-state index contributed by atoms with van der Waals surface area (Å²) in [6.07, 6.45) is 2.50. The zero-order valence-corrected chi connectivity index (χ0v) is 11.3. The van der Waals surface area contributed by atoms with E-state index in [1.807, 2.05) is 11.9 Å². The van der Waals surface area contributed by atoms with Crippen LogP contribution in [0.1, 0.15) is 19.8 Å². The largest absolute Gasteiger partial charge is 0.396 e. The molecule has 1 aromatic carbocycles. The van der Waals surface area contributed by atoms with Crippen molar-refractivity contribution in [2.45, 2.75) is 25.8 Å². The summed E-state index contributed by atoms with van der Waals surface area (Å²) in [5.41, 5.74) is 6.02. The Hall–Kier alpha value is -1.62. The molecule has 1 fully saturated rings. The highest BCUT2D eigenvalue weighted by Gasteiger charge is 2.30. The number of hydrogen-bond donors (Lipinski definition) is 2. The second-order valence-electron chi connectivity index (χ2n) is 5.28. The minimum absolute atomic E-state index is 0.0394. The number of nitrogens with zero attached hydrogens (tertiary/aromatic N) is 1. The molecule has 1 amide bonds. The molecule has 3 N–H and O–H groups in total. The lowest BCUT2D eigenvalue weighted by molar-refractivity contribution is -0.117. The Bertz CT molecular complexity index is 474. The summed E-state index contributed by atoms with van der Waals surface area (Å²) in [7, 11) is 1.95. The van der Waals surface area contributed by atoms with Crippen LogP contribution in [-0.2, 0) is 4.79 Å². The average molecular weight is 265 g/mol. The predicted molar refractivity (Wildman–Crippen MR) is 74.3 cm³/mol. The standard InChI is InChI=1S/C14H20FN3O/c1-9(10-3-4-10)18(2)8-14(19)17-11-5-6-12(15)13(16)7-11/h5-7,9-10H,3-4,8,16H2,1-2H3,(H,17,19). The van der Waals surface area contributed by atoms with E-state index in [2.05, 4.69) is 12.2 Å². The number of nitrogens with two attached hydrogens (primary N) is 1. The summed E-state index contributed by atoms with van der Waals surface area (Å²) in [6, 6.07) is 4.61. The number of anilines is 2. The number of halogens is 1. The lowest BCUT2D eigenvalue weighted by atomic mass is 10.2. The highest BCUT2D eigenvalue weighted by atomic mass is 19.1. The van der Waals surface area contributed by atoms with Crippen LogP contribution in [0, 0.1) is 11.7 Å². The number of carbonyl (C=O) groups excluding carboxylic acids is 1. The van der Waals surface area contributed by atoms with E-state index in [1.54, 1.807) is 0 Å². The molecule has 0 aromatic heterocycles. The molecular weight excluding hydrogens is 245 g/mol. The summed E-state index contributed by atoms with van der Waals surface area (Å²) in [4.78, 5) is 13.9. The maximum atomic E-state index is 13.0. The number of benzene rings is 1. The van der Waals surface area contributed by atoms with Gasteiger partial charge in [0.2, 0.25) is 5.91 Å². The number of nitrogens with one attached hydrogen (secondary N) is 1. The Kier molecular flexibility index (Phi) is 4.04. The van der Waals surface area contributed by atoms with Gasteiger partial charge in [-0.1, -0.05) is 0 Å². The normalized spacial score (nSPS) is 16.4. The van der Waals surface area contributed by atoms with E-state index in [0.717, 1.165) is 5.92 Å². The maximum absolute atomic E-state index is 13.0. The molecule has 1 unspecified atom stereocenters. The number of hydrogen-bond acceptors (Lipinski definition) is 3. The lowest BCUT2D eigenvalue weighted by Crippen LogP contribution is -2.37. The zero-order valence-electron chi connectivity index (χ0n) is 11.3. The van der Waals surface area contributed by atoms with Gasteiger partial charge in [-0.2, -0.15) is 0 Å². The monoisotopic (exact) mass is 265 g/mol. The van der Waals surface area contributed by atoms with Crippen molar-refractivity contribution >= 4 is 17.3 Å². The van der Waals surface area contributed by atoms with Crippen LogP contribution in [0.2, 0.25) is 0 Å². The molecule has 5 heteroatoms. The summed E-state index contributed by atoms with van der Waals surface area (Å²) in [5.74, 6) is 0.137. The molecule has 19 heavy (non-hydrogen) atoms. The minimum Gasteiger partial charge on any atom is -0.396 e. The highest BCUT2D eigenvalue weighted by Crippen LogP contribution is 2.34. The third-order valence-electron chi connectivity index (χ3n) is 3.67. The Morgan fingerprint density at radius 1 is 1.58 bits per heavy atom. The maximum Gasteiger partial charge on any atom is 0.238 e. The molecular formula is C14H20FN3O. The second-order valence-corrected chi connectivity index (χ2v) is 5.28. The molecule has 0 heterocycles. The van der Waals surface area contributed by atoms with E-state index in [1.165, 1.54) is 31.0 Å². The van der Waals surface area contributed by atoms with Crippen molar-refractivity contribution in [1.29, 1.82) is 0 Å². The quantitative estimate of drug-likeness (QED) is 0.801. The summed E-state index contributed by atoms with van der Waals surface area (Å²) in [5, 5.41) is 2.73. The molecule has 1 saturated carbocycles. The molecule has 1 aliphatic rings. The van der Waals surface area contributed by atoms with E-state index >= 15 is 0 Å². The van der Waals surface area contributed by atoms with E-state index < -0.39 is 5.82 Å². The summed E-state index contributed by atoms with van der Waals surface area (Å²) in [6.45, 7) is 2.47. The van der Waals surface area contributed by atoms with Crippen LogP contribution in [0.5, 0.6) is 0 Å². The van der Waals surface area contributed by atoms with Crippen molar-refractivity contribution < 1.29 is 9.18 Å². The Balaban J connectivity index is 1.87. The number of rotatable bonds is 5. The van der Waals surface area contributed by atoms with E-state index in [-0.39, 0.29) is 11.6 Å². The average Bonchev–Trinajstić information content (AvgIpc) is 3.17. The third kappa shape index (κ3) is 3.67. The molecule has 2 rings (SSSR count). The molecule has 0 bridgehead atoms. The predicted octanol–water partition coefficient (Wildman–Crippen LogP) is 2.08. The van der Waals surface area contributed by atoms with E-state index in [0.29, 0.717) is 18.3 Å². The van der Waals surface area contributed by atoms with Crippen LogP contribution in [0.4, 0.5) is 15.8 Å². The molecule has 0 saturated heterocycles. The SMILES string of the molecule is CC(C1CC1)N(C)CC(=O)Nc1ccc(F)c(N)c1. The van der Waals surface area contributed by atoms with E-state index in [9.17, 15) is 9.18 Å². The fourth-order valence-electron chi connectivity index (χ4n) is 2.13. The van der Waals surface area contributed by atoms with Gasteiger partial charge in [0.15, 0.2) is 0 Å². The van der Waals surface area contributed by atoms with Crippen molar-refractivity contribution in [3.63, 3.8) is 0 Å². The van der Waals surface area contributed by atoms with Crippen LogP contribution in [0.15, 0.2) is 18.2 Å². The smallest absolute Gasteiger partial charge is 0.238 e. The minimum atomic E-state index is -0.475. The van der Waals surface area contributed by atoms with Crippen molar-refractivity contribution in [2.75, 3.05) is 24.6 Å². The molecule has 0 radical (unpaired) electrons. The first kappa shape index (κ1) is 13.8. The van der Waals surface area contributed by atoms with Gasteiger partial charge in [-0.25, -0.2) is 4.39 Å².